The number of hydrogen-bond donors (Lipinski definition) is 2. The van der Waals surface area contributed by atoms with E-state index in [1.807, 2.05) is 37.4 Å². The molecule has 1 aliphatic heterocycles. The molecule has 2 rings (SSSR count). The van der Waals surface area contributed by atoms with Crippen LogP contribution in [0, 0.1) is 0 Å². The lowest BCUT2D eigenvalue weighted by molar-refractivity contribution is 0.224. The first kappa shape index (κ1) is 23.0. The number of para-hydroxylation sites is 1. The van der Waals surface area contributed by atoms with Gasteiger partial charge in [-0.05, 0) is 57.5 Å². The van der Waals surface area contributed by atoms with Crippen LogP contribution in [0.2, 0.25) is 0 Å². The Morgan fingerprint density at radius 3 is 2.46 bits per heavy atom. The lowest BCUT2D eigenvalue weighted by Crippen LogP contribution is -2.39. The van der Waals surface area contributed by atoms with E-state index in [0.29, 0.717) is 6.61 Å². The second kappa shape index (κ2) is 15.1. The predicted octanol–water partition coefficient (Wildman–Crippen LogP) is 3.50. The number of likely N-dealkylation sites (tertiary alicyclic amines) is 1. The zero-order valence-electron chi connectivity index (χ0n) is 16.1. The van der Waals surface area contributed by atoms with Crippen molar-refractivity contribution in [2.24, 2.45) is 4.99 Å². The Hall–Kier alpha value is -1.02. The highest BCUT2D eigenvalue weighted by atomic mass is 127. The van der Waals surface area contributed by atoms with Crippen LogP contribution in [-0.4, -0.2) is 57.2 Å². The minimum Gasteiger partial charge on any atom is -0.492 e. The molecule has 1 aromatic carbocycles. The zero-order valence-corrected chi connectivity index (χ0v) is 18.4. The standard InChI is InChI=1S/C20H34N4O.HI/c1-21-20(23-14-18-25-19-11-5-2-6-12-19)22-13-7-3-8-15-24-16-9-4-10-17-24;/h2,5-6,11-12H,3-4,7-10,13-18H2,1H3,(H2,21,22,23);1H. The number of unbranched alkanes of at least 4 members (excludes halogenated alkanes) is 2. The van der Waals surface area contributed by atoms with Gasteiger partial charge in [0.1, 0.15) is 12.4 Å². The molecule has 26 heavy (non-hydrogen) atoms. The molecule has 1 fully saturated rings. The molecule has 5 nitrogen and oxygen atoms in total. The first-order chi connectivity index (χ1) is 12.4. The van der Waals surface area contributed by atoms with Crippen LogP contribution in [0.3, 0.4) is 0 Å². The van der Waals surface area contributed by atoms with E-state index in [1.54, 1.807) is 0 Å². The summed E-state index contributed by atoms with van der Waals surface area (Å²) in [5, 5.41) is 6.66. The normalized spacial score (nSPS) is 15.2. The molecule has 0 bridgehead atoms. The number of benzene rings is 1. The minimum atomic E-state index is 0. The third kappa shape index (κ3) is 10.2. The third-order valence-electron chi connectivity index (χ3n) is 4.52. The van der Waals surface area contributed by atoms with Gasteiger partial charge in [-0.2, -0.15) is 0 Å². The molecule has 1 saturated heterocycles. The fourth-order valence-electron chi connectivity index (χ4n) is 3.10. The number of rotatable bonds is 10. The zero-order chi connectivity index (χ0) is 17.6. The molecule has 0 unspecified atom stereocenters. The molecule has 0 amide bonds. The van der Waals surface area contributed by atoms with Crippen molar-refractivity contribution in [3.63, 3.8) is 0 Å². The van der Waals surface area contributed by atoms with Crippen LogP contribution in [0.4, 0.5) is 0 Å². The maximum absolute atomic E-state index is 5.67. The second-order valence-corrected chi connectivity index (χ2v) is 6.55. The molecule has 148 valence electrons. The van der Waals surface area contributed by atoms with E-state index < -0.39 is 0 Å². The molecule has 2 N–H and O–H groups in total. The summed E-state index contributed by atoms with van der Waals surface area (Å²) in [7, 11) is 1.81. The van der Waals surface area contributed by atoms with Crippen molar-refractivity contribution in [3.05, 3.63) is 30.3 Å². The van der Waals surface area contributed by atoms with Gasteiger partial charge in [0.05, 0.1) is 6.54 Å². The van der Waals surface area contributed by atoms with E-state index in [2.05, 4.69) is 20.5 Å². The van der Waals surface area contributed by atoms with Crippen LogP contribution in [-0.2, 0) is 0 Å². The van der Waals surface area contributed by atoms with E-state index in [9.17, 15) is 0 Å². The number of ether oxygens (including phenoxy) is 1. The van der Waals surface area contributed by atoms with Gasteiger partial charge in [0.2, 0.25) is 0 Å². The largest absolute Gasteiger partial charge is 0.492 e. The number of aliphatic imine (C=N–C) groups is 1. The lowest BCUT2D eigenvalue weighted by Gasteiger charge is -2.26. The Balaban J connectivity index is 0.00000338. The van der Waals surface area contributed by atoms with Crippen LogP contribution in [0.25, 0.3) is 0 Å². The molecule has 6 heteroatoms. The van der Waals surface area contributed by atoms with Gasteiger partial charge in [-0.3, -0.25) is 4.99 Å². The molecule has 1 aliphatic rings. The van der Waals surface area contributed by atoms with Gasteiger partial charge >= 0.3 is 0 Å². The number of hydrogen-bond acceptors (Lipinski definition) is 3. The van der Waals surface area contributed by atoms with Crippen molar-refractivity contribution in [2.45, 2.75) is 38.5 Å². The molecule has 0 aliphatic carbocycles. The van der Waals surface area contributed by atoms with Crippen molar-refractivity contribution < 1.29 is 4.74 Å². The van der Waals surface area contributed by atoms with Crippen molar-refractivity contribution in [1.82, 2.24) is 15.5 Å². The fraction of sp³-hybridized carbons (Fsp3) is 0.650. The quantitative estimate of drug-likeness (QED) is 0.236. The third-order valence-corrected chi connectivity index (χ3v) is 4.52. The minimum absolute atomic E-state index is 0. The summed E-state index contributed by atoms with van der Waals surface area (Å²) in [6, 6.07) is 9.89. The Bertz CT molecular complexity index is 478. The summed E-state index contributed by atoms with van der Waals surface area (Å²) < 4.78 is 5.67. The maximum atomic E-state index is 5.67. The summed E-state index contributed by atoms with van der Waals surface area (Å²) in [4.78, 5) is 6.87. The summed E-state index contributed by atoms with van der Waals surface area (Å²) >= 11 is 0. The summed E-state index contributed by atoms with van der Waals surface area (Å²) in [5.74, 6) is 1.76. The summed E-state index contributed by atoms with van der Waals surface area (Å²) in [6.45, 7) is 6.22. The van der Waals surface area contributed by atoms with E-state index in [1.165, 1.54) is 58.2 Å². The molecule has 0 saturated carbocycles. The molecular weight excluding hydrogens is 439 g/mol. The average Bonchev–Trinajstić information content (AvgIpc) is 2.67. The number of nitrogens with one attached hydrogen (secondary N) is 2. The molecule has 1 heterocycles. The van der Waals surface area contributed by atoms with Gasteiger partial charge in [0, 0.05) is 13.6 Å². The number of halogens is 1. The highest BCUT2D eigenvalue weighted by molar-refractivity contribution is 14.0. The van der Waals surface area contributed by atoms with Gasteiger partial charge in [0.15, 0.2) is 5.96 Å². The Kier molecular flexibility index (Phi) is 13.4. The SMILES string of the molecule is CN=C(NCCCCCN1CCCCC1)NCCOc1ccccc1.I. The number of nitrogens with zero attached hydrogens (tertiary/aromatic N) is 2. The first-order valence-electron chi connectivity index (χ1n) is 9.73. The van der Waals surface area contributed by atoms with Crippen molar-refractivity contribution in [1.29, 1.82) is 0 Å². The van der Waals surface area contributed by atoms with Crippen LogP contribution >= 0.6 is 24.0 Å². The molecule has 0 spiro atoms. The molecular formula is C20H35IN4O. The highest BCUT2D eigenvalue weighted by Gasteiger charge is 2.08. The maximum Gasteiger partial charge on any atom is 0.191 e. The number of guanidine groups is 1. The van der Waals surface area contributed by atoms with Crippen LogP contribution in [0.5, 0.6) is 5.75 Å². The Morgan fingerprint density at radius 1 is 1.00 bits per heavy atom. The van der Waals surface area contributed by atoms with E-state index >= 15 is 0 Å². The van der Waals surface area contributed by atoms with Gasteiger partial charge in [-0.25, -0.2) is 0 Å². The smallest absolute Gasteiger partial charge is 0.191 e. The summed E-state index contributed by atoms with van der Waals surface area (Å²) in [6.07, 6.45) is 7.96. The van der Waals surface area contributed by atoms with Crippen molar-refractivity contribution in [2.75, 3.05) is 46.4 Å². The lowest BCUT2D eigenvalue weighted by atomic mass is 10.1. The second-order valence-electron chi connectivity index (χ2n) is 6.55. The van der Waals surface area contributed by atoms with Gasteiger partial charge < -0.3 is 20.3 Å². The van der Waals surface area contributed by atoms with Crippen LogP contribution in [0.1, 0.15) is 38.5 Å². The van der Waals surface area contributed by atoms with Crippen molar-refractivity contribution in [3.8, 4) is 5.75 Å². The summed E-state index contributed by atoms with van der Waals surface area (Å²) in [5.41, 5.74) is 0. The Morgan fingerprint density at radius 2 is 1.73 bits per heavy atom. The van der Waals surface area contributed by atoms with Gasteiger partial charge in [0.25, 0.3) is 0 Å². The van der Waals surface area contributed by atoms with Crippen LogP contribution < -0.4 is 15.4 Å². The molecule has 0 radical (unpaired) electrons. The van der Waals surface area contributed by atoms with E-state index in [0.717, 1.165) is 24.8 Å². The molecule has 0 aromatic heterocycles. The van der Waals surface area contributed by atoms with E-state index in [-0.39, 0.29) is 24.0 Å². The first-order valence-corrected chi connectivity index (χ1v) is 9.73. The molecule has 1 aromatic rings. The number of piperidine rings is 1. The monoisotopic (exact) mass is 474 g/mol. The van der Waals surface area contributed by atoms with E-state index in [4.69, 9.17) is 4.74 Å². The topological polar surface area (TPSA) is 48.9 Å². The highest BCUT2D eigenvalue weighted by Crippen LogP contribution is 2.09. The van der Waals surface area contributed by atoms with Crippen molar-refractivity contribution >= 4 is 29.9 Å². The Labute approximate surface area is 176 Å². The van der Waals surface area contributed by atoms with Gasteiger partial charge in [-0.15, -0.1) is 24.0 Å². The fourth-order valence-corrected chi connectivity index (χ4v) is 3.10. The van der Waals surface area contributed by atoms with Gasteiger partial charge in [-0.1, -0.05) is 31.0 Å². The van der Waals surface area contributed by atoms with Crippen LogP contribution in [0.15, 0.2) is 35.3 Å². The average molecular weight is 474 g/mol. The molecule has 0 atom stereocenters. The predicted molar refractivity (Wildman–Crippen MR) is 121 cm³/mol.